The lowest BCUT2D eigenvalue weighted by Crippen LogP contribution is -2.38. The molecule has 2 unspecified atom stereocenters. The largest absolute Gasteiger partial charge is 0.456 e. The quantitative estimate of drug-likeness (QED) is 0.799. The summed E-state index contributed by atoms with van der Waals surface area (Å²) in [6.07, 6.45) is -2.88. The summed E-state index contributed by atoms with van der Waals surface area (Å²) in [5.74, 6) is -0.866. The van der Waals surface area contributed by atoms with E-state index in [-0.39, 0.29) is 6.61 Å². The average molecular weight is 280 g/mol. The maximum absolute atomic E-state index is 12.1. The lowest BCUT2D eigenvalue weighted by molar-refractivity contribution is -0.158. The van der Waals surface area contributed by atoms with Crippen molar-refractivity contribution in [2.75, 3.05) is 6.61 Å². The van der Waals surface area contributed by atoms with Crippen LogP contribution in [-0.4, -0.2) is 47.2 Å². The topological polar surface area (TPSA) is 76.0 Å². The number of hydrogen-bond donors (Lipinski definition) is 2. The number of benzene rings is 1. The zero-order valence-electron chi connectivity index (χ0n) is 11.6. The minimum Gasteiger partial charge on any atom is -0.456 e. The Morgan fingerprint density at radius 2 is 2.05 bits per heavy atom. The van der Waals surface area contributed by atoms with Crippen molar-refractivity contribution in [1.29, 1.82) is 0 Å². The Bertz CT molecular complexity index is 447. The van der Waals surface area contributed by atoms with Gasteiger partial charge in [0.2, 0.25) is 0 Å². The van der Waals surface area contributed by atoms with E-state index in [1.165, 1.54) is 0 Å². The van der Waals surface area contributed by atoms with Gasteiger partial charge >= 0.3 is 5.97 Å². The van der Waals surface area contributed by atoms with Gasteiger partial charge in [-0.15, -0.1) is 0 Å². The van der Waals surface area contributed by atoms with Gasteiger partial charge in [-0.25, -0.2) is 0 Å². The first-order valence-corrected chi connectivity index (χ1v) is 6.74. The number of carbonyl (C=O) groups excluding carboxylic acids is 1. The molecule has 1 fully saturated rings. The average Bonchev–Trinajstić information content (AvgIpc) is 2.75. The summed E-state index contributed by atoms with van der Waals surface area (Å²) >= 11 is 0. The third-order valence-corrected chi connectivity index (χ3v) is 3.66. The molecule has 5 atom stereocenters. The highest BCUT2D eigenvalue weighted by atomic mass is 16.6. The Morgan fingerprint density at radius 3 is 2.65 bits per heavy atom. The van der Waals surface area contributed by atoms with Gasteiger partial charge in [0.05, 0.1) is 18.6 Å². The molecular weight excluding hydrogens is 260 g/mol. The molecule has 0 aromatic heterocycles. The Labute approximate surface area is 118 Å². The van der Waals surface area contributed by atoms with E-state index >= 15 is 0 Å². The SMILES string of the molecule is CC(C(=O)OC1[C@@H](CO)O[C@@H](C)[C@H]1O)c1ccccc1. The third-order valence-electron chi connectivity index (χ3n) is 3.66. The molecule has 0 amide bonds. The highest BCUT2D eigenvalue weighted by molar-refractivity contribution is 5.77. The van der Waals surface area contributed by atoms with Gasteiger partial charge in [-0.3, -0.25) is 4.79 Å². The van der Waals surface area contributed by atoms with Gasteiger partial charge in [0.25, 0.3) is 0 Å². The molecule has 5 heteroatoms. The fourth-order valence-corrected chi connectivity index (χ4v) is 2.33. The van der Waals surface area contributed by atoms with Crippen molar-refractivity contribution in [2.45, 2.75) is 44.2 Å². The second kappa shape index (κ2) is 6.35. The summed E-state index contributed by atoms with van der Waals surface area (Å²) in [7, 11) is 0. The van der Waals surface area contributed by atoms with Gasteiger partial charge in [0.15, 0.2) is 6.10 Å². The summed E-state index contributed by atoms with van der Waals surface area (Å²) in [6.45, 7) is 3.14. The van der Waals surface area contributed by atoms with Crippen LogP contribution in [-0.2, 0) is 14.3 Å². The molecule has 20 heavy (non-hydrogen) atoms. The lowest BCUT2D eigenvalue weighted by Gasteiger charge is -2.21. The van der Waals surface area contributed by atoms with Gasteiger partial charge < -0.3 is 19.7 Å². The van der Waals surface area contributed by atoms with E-state index in [1.807, 2.05) is 30.3 Å². The second-order valence-corrected chi connectivity index (χ2v) is 5.09. The Morgan fingerprint density at radius 1 is 1.40 bits per heavy atom. The number of hydrogen-bond acceptors (Lipinski definition) is 5. The minimum absolute atomic E-state index is 0.293. The molecule has 1 saturated heterocycles. The van der Waals surface area contributed by atoms with Crippen molar-refractivity contribution in [2.24, 2.45) is 0 Å². The van der Waals surface area contributed by atoms with Gasteiger partial charge in [0, 0.05) is 0 Å². The van der Waals surface area contributed by atoms with Crippen LogP contribution in [0.5, 0.6) is 0 Å². The van der Waals surface area contributed by atoms with Crippen LogP contribution < -0.4 is 0 Å². The van der Waals surface area contributed by atoms with Gasteiger partial charge in [-0.05, 0) is 19.4 Å². The van der Waals surface area contributed by atoms with Crippen LogP contribution in [0.15, 0.2) is 30.3 Å². The van der Waals surface area contributed by atoms with Crippen LogP contribution >= 0.6 is 0 Å². The lowest BCUT2D eigenvalue weighted by atomic mass is 10.0. The molecule has 1 aromatic carbocycles. The van der Waals surface area contributed by atoms with E-state index < -0.39 is 36.3 Å². The summed E-state index contributed by atoms with van der Waals surface area (Å²) in [6, 6.07) is 9.27. The van der Waals surface area contributed by atoms with Crippen molar-refractivity contribution in [3.05, 3.63) is 35.9 Å². The Hall–Kier alpha value is -1.43. The highest BCUT2D eigenvalue weighted by Gasteiger charge is 2.44. The van der Waals surface area contributed by atoms with Crippen LogP contribution in [0.3, 0.4) is 0 Å². The van der Waals surface area contributed by atoms with Crippen molar-refractivity contribution < 1.29 is 24.5 Å². The Kier molecular flexibility index (Phi) is 4.75. The first-order chi connectivity index (χ1) is 9.54. The molecule has 0 aliphatic carbocycles. The number of rotatable bonds is 4. The van der Waals surface area contributed by atoms with Crippen molar-refractivity contribution in [3.8, 4) is 0 Å². The first-order valence-electron chi connectivity index (χ1n) is 6.74. The summed E-state index contributed by atoms with van der Waals surface area (Å²) < 4.78 is 10.7. The number of carbonyl (C=O) groups is 1. The van der Waals surface area contributed by atoms with E-state index in [4.69, 9.17) is 9.47 Å². The maximum atomic E-state index is 12.1. The van der Waals surface area contributed by atoms with E-state index in [0.717, 1.165) is 5.56 Å². The van der Waals surface area contributed by atoms with Crippen LogP contribution in [0.1, 0.15) is 25.3 Å². The van der Waals surface area contributed by atoms with E-state index in [9.17, 15) is 15.0 Å². The summed E-state index contributed by atoms with van der Waals surface area (Å²) in [5.41, 5.74) is 0.847. The fourth-order valence-electron chi connectivity index (χ4n) is 2.33. The normalized spacial score (nSPS) is 31.0. The fraction of sp³-hybridized carbons (Fsp3) is 0.533. The third kappa shape index (κ3) is 3.00. The maximum Gasteiger partial charge on any atom is 0.313 e. The van der Waals surface area contributed by atoms with Crippen molar-refractivity contribution >= 4 is 5.97 Å². The molecule has 0 radical (unpaired) electrons. The van der Waals surface area contributed by atoms with Gasteiger partial charge in [-0.2, -0.15) is 0 Å². The first kappa shape index (κ1) is 15.0. The molecule has 1 aliphatic heterocycles. The van der Waals surface area contributed by atoms with Gasteiger partial charge in [-0.1, -0.05) is 30.3 Å². The highest BCUT2D eigenvalue weighted by Crippen LogP contribution is 2.26. The monoisotopic (exact) mass is 280 g/mol. The molecule has 1 aromatic rings. The molecule has 5 nitrogen and oxygen atoms in total. The predicted molar refractivity (Wildman–Crippen MR) is 72.2 cm³/mol. The summed E-state index contributed by atoms with van der Waals surface area (Å²) in [4.78, 5) is 12.1. The number of aliphatic hydroxyl groups is 2. The molecule has 0 bridgehead atoms. The second-order valence-electron chi connectivity index (χ2n) is 5.09. The van der Waals surface area contributed by atoms with Gasteiger partial charge in [0.1, 0.15) is 12.2 Å². The standard InChI is InChI=1S/C15H20O5/c1-9(11-6-4-3-5-7-11)15(18)20-14-12(8-16)19-10(2)13(14)17/h3-7,9-10,12-14,16-17H,8H2,1-2H3/t9?,10-,12+,13+,14?/m0/s1. The zero-order chi connectivity index (χ0) is 14.7. The zero-order valence-corrected chi connectivity index (χ0v) is 11.6. The van der Waals surface area contributed by atoms with Crippen molar-refractivity contribution in [3.63, 3.8) is 0 Å². The molecule has 2 N–H and O–H groups in total. The Balaban J connectivity index is 2.04. The minimum atomic E-state index is -0.918. The van der Waals surface area contributed by atoms with Crippen LogP contribution in [0, 0.1) is 0 Å². The molecule has 0 saturated carbocycles. The summed E-state index contributed by atoms with van der Waals surface area (Å²) in [5, 5.41) is 19.2. The molecular formula is C15H20O5. The van der Waals surface area contributed by atoms with E-state index in [0.29, 0.717) is 0 Å². The van der Waals surface area contributed by atoms with Crippen LogP contribution in [0.2, 0.25) is 0 Å². The van der Waals surface area contributed by atoms with Crippen molar-refractivity contribution in [1.82, 2.24) is 0 Å². The van der Waals surface area contributed by atoms with Crippen LogP contribution in [0.4, 0.5) is 0 Å². The van der Waals surface area contributed by atoms with Crippen LogP contribution in [0.25, 0.3) is 0 Å². The molecule has 0 spiro atoms. The number of ether oxygens (including phenoxy) is 2. The molecule has 2 rings (SSSR count). The predicted octanol–water partition coefficient (Wildman–Crippen LogP) is 0.842. The number of aliphatic hydroxyl groups excluding tert-OH is 2. The molecule has 110 valence electrons. The molecule has 1 aliphatic rings. The van der Waals surface area contributed by atoms with E-state index in [2.05, 4.69) is 0 Å². The smallest absolute Gasteiger partial charge is 0.313 e. The molecule has 1 heterocycles. The van der Waals surface area contributed by atoms with E-state index in [1.54, 1.807) is 13.8 Å². The number of esters is 1.